The van der Waals surface area contributed by atoms with Crippen molar-refractivity contribution in [2.75, 3.05) is 47.1 Å². The molecule has 1 aliphatic carbocycles. The lowest BCUT2D eigenvalue weighted by atomic mass is 9.61. The Morgan fingerprint density at radius 2 is 1.34 bits per heavy atom. The van der Waals surface area contributed by atoms with Crippen molar-refractivity contribution in [3.05, 3.63) is 95.6 Å². The summed E-state index contributed by atoms with van der Waals surface area (Å²) in [7, 11) is 3.34. The number of rotatable bonds is 14. The molecule has 5 rings (SSSR count). The van der Waals surface area contributed by atoms with E-state index in [4.69, 9.17) is 19.9 Å². The van der Waals surface area contributed by atoms with Crippen molar-refractivity contribution in [3.63, 3.8) is 0 Å². The van der Waals surface area contributed by atoms with Crippen LogP contribution >= 0.6 is 0 Å². The van der Waals surface area contributed by atoms with Gasteiger partial charge in [-0.3, -0.25) is 4.79 Å². The van der Waals surface area contributed by atoms with Crippen molar-refractivity contribution < 1.29 is 24.1 Å². The fraction of sp³-hybridized carbons (Fsp3) is 0.486. The van der Waals surface area contributed by atoms with Crippen molar-refractivity contribution in [2.24, 2.45) is 16.6 Å². The fourth-order valence-corrected chi connectivity index (χ4v) is 7.01. The molecule has 1 heterocycles. The van der Waals surface area contributed by atoms with E-state index in [1.165, 1.54) is 0 Å². The molecule has 1 aliphatic heterocycles. The third kappa shape index (κ3) is 6.65. The van der Waals surface area contributed by atoms with Crippen LogP contribution in [0.4, 0.5) is 0 Å². The zero-order valence-electron chi connectivity index (χ0n) is 26.3. The van der Waals surface area contributed by atoms with E-state index >= 15 is 0 Å². The molecular weight excluding hydrogens is 552 g/mol. The number of carbonyl (C=O) groups is 1. The first-order valence-corrected chi connectivity index (χ1v) is 16.0. The number of aliphatic hydroxyl groups is 1. The van der Waals surface area contributed by atoms with Crippen LogP contribution in [0.3, 0.4) is 0 Å². The van der Waals surface area contributed by atoms with E-state index in [0.29, 0.717) is 19.6 Å². The molecule has 7 heteroatoms. The summed E-state index contributed by atoms with van der Waals surface area (Å²) in [6.07, 6.45) is 7.20. The van der Waals surface area contributed by atoms with Gasteiger partial charge in [0.1, 0.15) is 17.1 Å². The first kappa shape index (κ1) is 32.0. The predicted molar refractivity (Wildman–Crippen MR) is 173 cm³/mol. The molecule has 3 aromatic rings. The van der Waals surface area contributed by atoms with E-state index in [0.717, 1.165) is 86.2 Å². The molecule has 2 fully saturated rings. The lowest BCUT2D eigenvalue weighted by Crippen LogP contribution is -2.60. The first-order valence-electron chi connectivity index (χ1n) is 16.0. The highest BCUT2D eigenvalue weighted by Crippen LogP contribution is 2.52. The predicted octanol–water partition coefficient (Wildman–Crippen LogP) is 5.91. The summed E-state index contributed by atoms with van der Waals surface area (Å²) in [5.74, 6) is 1.82. The van der Waals surface area contributed by atoms with Crippen LogP contribution in [0.15, 0.2) is 78.9 Å². The van der Waals surface area contributed by atoms with Crippen LogP contribution in [0.2, 0.25) is 0 Å². The smallest absolute Gasteiger partial charge is 0.222 e. The molecule has 1 saturated heterocycles. The van der Waals surface area contributed by atoms with Gasteiger partial charge in [-0.05, 0) is 86.0 Å². The molecule has 44 heavy (non-hydrogen) atoms. The van der Waals surface area contributed by atoms with Gasteiger partial charge in [0.25, 0.3) is 0 Å². The van der Waals surface area contributed by atoms with Crippen molar-refractivity contribution in [3.8, 4) is 11.5 Å². The summed E-state index contributed by atoms with van der Waals surface area (Å²) in [4.78, 5) is 14.7. The second-order valence-electron chi connectivity index (χ2n) is 12.8. The van der Waals surface area contributed by atoms with Crippen LogP contribution in [0.5, 0.6) is 11.5 Å². The highest BCUT2D eigenvalue weighted by molar-refractivity contribution is 5.77. The maximum atomic E-state index is 12.7. The zero-order valence-corrected chi connectivity index (χ0v) is 26.3. The summed E-state index contributed by atoms with van der Waals surface area (Å²) in [5, 5.41) is 10.8. The number of benzene rings is 3. The Bertz CT molecular complexity index is 1280. The van der Waals surface area contributed by atoms with E-state index in [9.17, 15) is 9.90 Å². The normalized spacial score (nSPS) is 17.2. The number of hydrogen-bond acceptors (Lipinski definition) is 6. The lowest BCUT2D eigenvalue weighted by Gasteiger charge is -2.56. The summed E-state index contributed by atoms with van der Waals surface area (Å²) in [5.41, 5.74) is 7.45. The highest BCUT2D eigenvalue weighted by atomic mass is 16.5. The van der Waals surface area contributed by atoms with Gasteiger partial charge in [0.05, 0.1) is 27.4 Å². The Labute approximate surface area is 262 Å². The number of carbonyl (C=O) groups excluding carboxylic acids is 1. The highest BCUT2D eigenvalue weighted by Gasteiger charge is 2.51. The number of unbranched alkanes of at least 4 members (excludes halogenated alkanes) is 2. The van der Waals surface area contributed by atoms with E-state index in [2.05, 4.69) is 36.4 Å². The van der Waals surface area contributed by atoms with Crippen LogP contribution in [0.1, 0.15) is 68.1 Å². The summed E-state index contributed by atoms with van der Waals surface area (Å²) in [6.45, 7) is 2.80. The van der Waals surface area contributed by atoms with Crippen molar-refractivity contribution >= 4 is 5.91 Å². The largest absolute Gasteiger partial charge is 0.497 e. The average molecular weight is 601 g/mol. The number of hydrogen-bond donors (Lipinski definition) is 2. The SMILES string of the molecule is COc1ccc(C(OCC2(CO)CCC3(CC2)CN(C(=O)CCCCCN)C3)(c2ccccc2)c2ccc(OC)cc2)cc1. The second-order valence-corrected chi connectivity index (χ2v) is 12.8. The molecule has 1 spiro atoms. The van der Waals surface area contributed by atoms with Gasteiger partial charge in [0, 0.05) is 30.3 Å². The maximum absolute atomic E-state index is 12.7. The van der Waals surface area contributed by atoms with Gasteiger partial charge in [-0.25, -0.2) is 0 Å². The number of nitrogens with zero attached hydrogens (tertiary/aromatic N) is 1. The molecule has 3 N–H and O–H groups in total. The number of amides is 1. The van der Waals surface area contributed by atoms with E-state index in [1.807, 2.05) is 47.4 Å². The minimum absolute atomic E-state index is 0.0585. The standard InChI is InChI=1S/C37H48N2O5/c1-42-32-16-12-30(13-17-32)37(29-9-5-3-6-10-29,31-14-18-33(43-2)19-15-31)44-28-36(27-40)22-20-35(21-23-36)25-39(26-35)34(41)11-7-4-8-24-38/h3,5-6,9-10,12-19,40H,4,7-8,11,20-28,38H2,1-2H3. The molecule has 0 bridgehead atoms. The van der Waals surface area contributed by atoms with Gasteiger partial charge in [0.2, 0.25) is 5.91 Å². The fourth-order valence-electron chi connectivity index (χ4n) is 7.01. The monoisotopic (exact) mass is 600 g/mol. The summed E-state index contributed by atoms with van der Waals surface area (Å²) in [6, 6.07) is 26.4. The molecule has 1 saturated carbocycles. The van der Waals surface area contributed by atoms with Crippen molar-refractivity contribution in [2.45, 2.75) is 57.0 Å². The molecule has 0 aromatic heterocycles. The molecule has 7 nitrogen and oxygen atoms in total. The van der Waals surface area contributed by atoms with Gasteiger partial charge in [0.15, 0.2) is 0 Å². The number of nitrogens with two attached hydrogens (primary N) is 1. The Balaban J connectivity index is 1.37. The summed E-state index contributed by atoms with van der Waals surface area (Å²) >= 11 is 0. The minimum atomic E-state index is -0.916. The number of ether oxygens (including phenoxy) is 3. The van der Waals surface area contributed by atoms with E-state index < -0.39 is 5.60 Å². The van der Waals surface area contributed by atoms with Gasteiger partial charge < -0.3 is 30.0 Å². The first-order chi connectivity index (χ1) is 21.4. The van der Waals surface area contributed by atoms with Gasteiger partial charge in [-0.2, -0.15) is 0 Å². The minimum Gasteiger partial charge on any atom is -0.497 e. The van der Waals surface area contributed by atoms with Gasteiger partial charge in [-0.1, -0.05) is 61.0 Å². The van der Waals surface area contributed by atoms with Crippen LogP contribution in [0.25, 0.3) is 0 Å². The average Bonchev–Trinajstić information content (AvgIpc) is 3.07. The lowest BCUT2D eigenvalue weighted by molar-refractivity contribution is -0.152. The molecular formula is C37H48N2O5. The van der Waals surface area contributed by atoms with Crippen molar-refractivity contribution in [1.82, 2.24) is 4.90 Å². The Kier molecular flexibility index (Phi) is 10.3. The quantitative estimate of drug-likeness (QED) is 0.176. The van der Waals surface area contributed by atoms with Crippen LogP contribution in [0, 0.1) is 10.8 Å². The topological polar surface area (TPSA) is 94.2 Å². The van der Waals surface area contributed by atoms with E-state index in [-0.39, 0.29) is 23.3 Å². The zero-order chi connectivity index (χ0) is 31.0. The molecule has 1 amide bonds. The molecule has 0 atom stereocenters. The molecule has 0 unspecified atom stereocenters. The van der Waals surface area contributed by atoms with Crippen molar-refractivity contribution in [1.29, 1.82) is 0 Å². The van der Waals surface area contributed by atoms with Gasteiger partial charge in [-0.15, -0.1) is 0 Å². The van der Waals surface area contributed by atoms with Crippen LogP contribution in [-0.2, 0) is 15.1 Å². The third-order valence-corrected chi connectivity index (χ3v) is 9.98. The third-order valence-electron chi connectivity index (χ3n) is 9.98. The number of likely N-dealkylation sites (tertiary alicyclic amines) is 1. The maximum Gasteiger partial charge on any atom is 0.222 e. The van der Waals surface area contributed by atoms with Crippen LogP contribution < -0.4 is 15.2 Å². The Hall–Kier alpha value is -3.39. The molecule has 236 valence electrons. The van der Waals surface area contributed by atoms with E-state index in [1.54, 1.807) is 14.2 Å². The second kappa shape index (κ2) is 14.1. The number of methoxy groups -OCH3 is 2. The molecule has 0 radical (unpaired) electrons. The Morgan fingerprint density at radius 1 is 0.795 bits per heavy atom. The molecule has 3 aromatic carbocycles. The van der Waals surface area contributed by atoms with Gasteiger partial charge >= 0.3 is 0 Å². The Morgan fingerprint density at radius 3 is 1.84 bits per heavy atom. The summed E-state index contributed by atoms with van der Waals surface area (Å²) < 4.78 is 18.2. The molecule has 2 aliphatic rings. The number of aliphatic hydroxyl groups excluding tert-OH is 1. The van der Waals surface area contributed by atoms with Crippen LogP contribution in [-0.4, -0.2) is 63.0 Å².